The van der Waals surface area contributed by atoms with Crippen molar-refractivity contribution in [3.8, 4) is 11.5 Å². The van der Waals surface area contributed by atoms with Crippen molar-refractivity contribution in [2.75, 3.05) is 25.1 Å². The number of ether oxygens (including phenoxy) is 1. The number of rotatable bonds is 4. The first kappa shape index (κ1) is 22.3. The number of benzene rings is 3. The number of aromatic hydroxyl groups is 1. The molecule has 2 aliphatic heterocycles. The summed E-state index contributed by atoms with van der Waals surface area (Å²) in [5, 5.41) is 11.1. The highest BCUT2D eigenvalue weighted by molar-refractivity contribution is 6.30. The summed E-state index contributed by atoms with van der Waals surface area (Å²) >= 11 is 6.13. The average molecular weight is 477 g/mol. The van der Waals surface area contributed by atoms with Gasteiger partial charge in [-0.05, 0) is 78.1 Å². The van der Waals surface area contributed by atoms with Gasteiger partial charge in [-0.3, -0.25) is 9.59 Å². The summed E-state index contributed by atoms with van der Waals surface area (Å²) in [6.45, 7) is 1.57. The molecule has 0 bridgehead atoms. The number of carbonyl (C=O) groups is 2. The minimum atomic E-state index is -0.467. The van der Waals surface area contributed by atoms with E-state index >= 15 is 0 Å². The molecule has 2 aliphatic rings. The Morgan fingerprint density at radius 3 is 2.35 bits per heavy atom. The number of likely N-dealkylation sites (tertiary alicyclic amines) is 1. The molecule has 1 N–H and O–H groups in total. The zero-order chi connectivity index (χ0) is 23.8. The van der Waals surface area contributed by atoms with Gasteiger partial charge in [0, 0.05) is 29.4 Å². The van der Waals surface area contributed by atoms with Crippen LogP contribution >= 0.6 is 11.6 Å². The van der Waals surface area contributed by atoms with Crippen LogP contribution in [0.15, 0.2) is 60.7 Å². The monoisotopic (exact) mass is 476 g/mol. The van der Waals surface area contributed by atoms with Crippen molar-refractivity contribution < 1.29 is 19.4 Å². The second-order valence-electron chi connectivity index (χ2n) is 8.66. The molecule has 2 heterocycles. The van der Waals surface area contributed by atoms with Gasteiger partial charge in [-0.1, -0.05) is 23.7 Å². The van der Waals surface area contributed by atoms with Crippen LogP contribution in [0.4, 0.5) is 5.69 Å². The van der Waals surface area contributed by atoms with Crippen LogP contribution in [0.5, 0.6) is 11.5 Å². The number of hydrogen-bond acceptors (Lipinski definition) is 4. The molecular formula is C27H25ClN2O4. The summed E-state index contributed by atoms with van der Waals surface area (Å²) < 4.78 is 5.26. The summed E-state index contributed by atoms with van der Waals surface area (Å²) in [6, 6.07) is 17.5. The standard InChI is InChI=1S/C27H25ClN2O4/c1-34-24-14-19-15-25(32)30(21-10-6-18(7-11-21)27(33)29-12-2-3-13-29)26(22(19)16-23(24)31)17-4-8-20(28)9-5-17/h4-11,14,16,26,31H,2-3,12-13,15H2,1H3. The molecule has 2 amide bonds. The van der Waals surface area contributed by atoms with Crippen LogP contribution in [0.3, 0.4) is 0 Å². The molecular weight excluding hydrogens is 452 g/mol. The Morgan fingerprint density at radius 1 is 1.03 bits per heavy atom. The zero-order valence-electron chi connectivity index (χ0n) is 18.8. The molecule has 34 heavy (non-hydrogen) atoms. The number of phenols is 1. The molecule has 0 saturated carbocycles. The Balaban J connectivity index is 1.57. The maximum atomic E-state index is 13.4. The van der Waals surface area contributed by atoms with E-state index in [4.69, 9.17) is 16.3 Å². The summed E-state index contributed by atoms with van der Waals surface area (Å²) in [5.74, 6) is 0.283. The third-order valence-electron chi connectivity index (χ3n) is 6.58. The first-order valence-electron chi connectivity index (χ1n) is 11.3. The third-order valence-corrected chi connectivity index (χ3v) is 6.83. The molecule has 174 valence electrons. The summed E-state index contributed by atoms with van der Waals surface area (Å²) in [4.78, 5) is 29.8. The van der Waals surface area contributed by atoms with Crippen molar-refractivity contribution >= 4 is 29.1 Å². The van der Waals surface area contributed by atoms with Gasteiger partial charge in [0.15, 0.2) is 11.5 Å². The fraction of sp³-hybridized carbons (Fsp3) is 0.259. The van der Waals surface area contributed by atoms with Crippen molar-refractivity contribution in [3.63, 3.8) is 0 Å². The van der Waals surface area contributed by atoms with E-state index in [9.17, 15) is 14.7 Å². The Bertz CT molecular complexity index is 1230. The highest BCUT2D eigenvalue weighted by atomic mass is 35.5. The van der Waals surface area contributed by atoms with Gasteiger partial charge in [0.25, 0.3) is 5.91 Å². The number of halogens is 1. The number of nitrogens with zero attached hydrogens (tertiary/aromatic N) is 2. The predicted octanol–water partition coefficient (Wildman–Crippen LogP) is 4.97. The van der Waals surface area contributed by atoms with Crippen LogP contribution in [0, 0.1) is 0 Å². The molecule has 3 aromatic carbocycles. The van der Waals surface area contributed by atoms with E-state index in [0.29, 0.717) is 22.0 Å². The second kappa shape index (κ2) is 9.03. The fourth-order valence-corrected chi connectivity index (χ4v) is 4.99. The van der Waals surface area contributed by atoms with Crippen LogP contribution < -0.4 is 9.64 Å². The van der Waals surface area contributed by atoms with Crippen LogP contribution in [0.1, 0.15) is 45.9 Å². The summed E-state index contributed by atoms with van der Waals surface area (Å²) in [6.07, 6.45) is 2.24. The van der Waals surface area contributed by atoms with Crippen molar-refractivity contribution in [2.24, 2.45) is 0 Å². The molecule has 3 aromatic rings. The minimum Gasteiger partial charge on any atom is -0.504 e. The van der Waals surface area contributed by atoms with Gasteiger partial charge in [-0.15, -0.1) is 0 Å². The van der Waals surface area contributed by atoms with E-state index in [1.807, 2.05) is 29.2 Å². The lowest BCUT2D eigenvalue weighted by Crippen LogP contribution is -2.41. The van der Waals surface area contributed by atoms with Crippen molar-refractivity contribution in [1.29, 1.82) is 0 Å². The zero-order valence-corrected chi connectivity index (χ0v) is 19.6. The number of phenolic OH excluding ortho intramolecular Hbond substituents is 1. The Hall–Kier alpha value is -3.51. The Kier molecular flexibility index (Phi) is 5.92. The van der Waals surface area contributed by atoms with Crippen molar-refractivity contribution in [1.82, 2.24) is 4.90 Å². The van der Waals surface area contributed by atoms with E-state index in [1.54, 1.807) is 41.3 Å². The predicted molar refractivity (Wildman–Crippen MR) is 131 cm³/mol. The number of amides is 2. The first-order valence-corrected chi connectivity index (χ1v) is 11.7. The smallest absolute Gasteiger partial charge is 0.253 e. The van der Waals surface area contributed by atoms with E-state index in [2.05, 4.69) is 0 Å². The Labute approximate surface area is 203 Å². The average Bonchev–Trinajstić information content (AvgIpc) is 3.39. The maximum absolute atomic E-state index is 13.4. The molecule has 5 rings (SSSR count). The summed E-state index contributed by atoms with van der Waals surface area (Å²) in [5.41, 5.74) is 3.78. The van der Waals surface area contributed by atoms with Crippen molar-refractivity contribution in [3.05, 3.63) is 87.9 Å². The Morgan fingerprint density at radius 2 is 1.71 bits per heavy atom. The van der Waals surface area contributed by atoms with Crippen LogP contribution in [-0.2, 0) is 11.2 Å². The van der Waals surface area contributed by atoms with Gasteiger partial charge >= 0.3 is 0 Å². The van der Waals surface area contributed by atoms with Crippen LogP contribution in [0.25, 0.3) is 0 Å². The van der Waals surface area contributed by atoms with Gasteiger partial charge in [-0.25, -0.2) is 0 Å². The molecule has 0 aromatic heterocycles. The molecule has 0 radical (unpaired) electrons. The summed E-state index contributed by atoms with van der Waals surface area (Å²) in [7, 11) is 1.49. The SMILES string of the molecule is COc1cc2c(cc1O)C(c1ccc(Cl)cc1)N(c1ccc(C(=O)N3CCCC3)cc1)C(=O)C2. The van der Waals surface area contributed by atoms with E-state index in [-0.39, 0.29) is 24.0 Å². The number of methoxy groups -OCH3 is 1. The maximum Gasteiger partial charge on any atom is 0.253 e. The molecule has 0 aliphatic carbocycles. The molecule has 1 fully saturated rings. The lowest BCUT2D eigenvalue weighted by molar-refractivity contribution is -0.118. The molecule has 1 atom stereocenters. The van der Waals surface area contributed by atoms with Crippen molar-refractivity contribution in [2.45, 2.75) is 25.3 Å². The van der Waals surface area contributed by atoms with E-state index in [0.717, 1.165) is 42.6 Å². The van der Waals surface area contributed by atoms with Gasteiger partial charge in [0.2, 0.25) is 5.91 Å². The third kappa shape index (κ3) is 3.99. The molecule has 1 unspecified atom stereocenters. The molecule has 7 heteroatoms. The van der Waals surface area contributed by atoms with Gasteiger partial charge in [-0.2, -0.15) is 0 Å². The largest absolute Gasteiger partial charge is 0.504 e. The highest BCUT2D eigenvalue weighted by Gasteiger charge is 2.36. The number of anilines is 1. The number of carbonyl (C=O) groups excluding carboxylic acids is 2. The van der Waals surface area contributed by atoms with Gasteiger partial charge < -0.3 is 19.6 Å². The lowest BCUT2D eigenvalue weighted by Gasteiger charge is -2.38. The van der Waals surface area contributed by atoms with Gasteiger partial charge in [0.05, 0.1) is 19.6 Å². The van der Waals surface area contributed by atoms with Crippen LogP contribution in [0.2, 0.25) is 5.02 Å². The van der Waals surface area contributed by atoms with Gasteiger partial charge in [0.1, 0.15) is 0 Å². The number of fused-ring (bicyclic) bond motifs is 1. The lowest BCUT2D eigenvalue weighted by atomic mass is 9.86. The molecule has 6 nitrogen and oxygen atoms in total. The number of hydrogen-bond donors (Lipinski definition) is 1. The van der Waals surface area contributed by atoms with E-state index < -0.39 is 6.04 Å². The topological polar surface area (TPSA) is 70.1 Å². The minimum absolute atomic E-state index is 0.0149. The molecule has 1 saturated heterocycles. The quantitative estimate of drug-likeness (QED) is 0.577. The second-order valence-corrected chi connectivity index (χ2v) is 9.10. The highest BCUT2D eigenvalue weighted by Crippen LogP contribution is 2.43. The van der Waals surface area contributed by atoms with E-state index in [1.165, 1.54) is 7.11 Å². The molecule has 0 spiro atoms. The first-order chi connectivity index (χ1) is 16.5. The van der Waals surface area contributed by atoms with Crippen LogP contribution in [-0.4, -0.2) is 42.0 Å². The normalized spacial score (nSPS) is 17.6. The fourth-order valence-electron chi connectivity index (χ4n) is 4.86.